The van der Waals surface area contributed by atoms with Crippen LogP contribution in [0.2, 0.25) is 0 Å². The number of benzene rings is 1. The highest BCUT2D eigenvalue weighted by molar-refractivity contribution is 5.86. The molecule has 0 atom stereocenters. The Hall–Kier alpha value is -2.38. The van der Waals surface area contributed by atoms with Crippen molar-refractivity contribution in [3.63, 3.8) is 0 Å². The molecule has 0 bridgehead atoms. The number of hydrogen-bond acceptors (Lipinski definition) is 6. The van der Waals surface area contributed by atoms with Crippen molar-refractivity contribution >= 4 is 16.9 Å². The first kappa shape index (κ1) is 25.3. The van der Waals surface area contributed by atoms with Crippen LogP contribution in [0.1, 0.15) is 69.1 Å². The second-order valence-corrected chi connectivity index (χ2v) is 11.8. The lowest BCUT2D eigenvalue weighted by Crippen LogP contribution is -2.61. The molecule has 1 saturated heterocycles. The fourth-order valence-corrected chi connectivity index (χ4v) is 6.32. The zero-order valence-corrected chi connectivity index (χ0v) is 22.4. The summed E-state index contributed by atoms with van der Waals surface area (Å²) in [7, 11) is 2.17. The van der Waals surface area contributed by atoms with Gasteiger partial charge in [-0.3, -0.25) is 9.69 Å². The first-order chi connectivity index (χ1) is 17.2. The molecule has 0 radical (unpaired) electrons. The van der Waals surface area contributed by atoms with Gasteiger partial charge in [-0.1, -0.05) is 19.3 Å². The van der Waals surface area contributed by atoms with Crippen molar-refractivity contribution in [3.05, 3.63) is 39.2 Å². The largest absolute Gasteiger partial charge is 0.487 e. The molecule has 196 valence electrons. The Morgan fingerprint density at radius 1 is 1.06 bits per heavy atom. The number of rotatable bonds is 5. The lowest BCUT2D eigenvalue weighted by Gasteiger charge is -2.49. The molecule has 1 aromatic carbocycles. The fraction of sp³-hybridized carbons (Fsp3) is 0.655. The molecule has 7 nitrogen and oxygen atoms in total. The number of hydrogen-bond donors (Lipinski definition) is 1. The Morgan fingerprint density at radius 3 is 2.50 bits per heavy atom. The highest BCUT2D eigenvalue weighted by Gasteiger charge is 2.39. The van der Waals surface area contributed by atoms with Gasteiger partial charge in [0.25, 0.3) is 0 Å². The highest BCUT2D eigenvalue weighted by Crippen LogP contribution is 2.37. The molecule has 3 heterocycles. The minimum Gasteiger partial charge on any atom is -0.487 e. The molecule has 1 aliphatic carbocycles. The number of ether oxygens (including phenoxy) is 1. The smallest absolute Gasteiger partial charge is 0.340 e. The maximum Gasteiger partial charge on any atom is 0.340 e. The summed E-state index contributed by atoms with van der Waals surface area (Å²) in [5, 5.41) is 4.11. The molecule has 1 amide bonds. The summed E-state index contributed by atoms with van der Waals surface area (Å²) in [5.74, 6) is 0.681. The molecule has 36 heavy (non-hydrogen) atoms. The normalized spacial score (nSPS) is 22.1. The van der Waals surface area contributed by atoms with Gasteiger partial charge in [0, 0.05) is 49.7 Å². The van der Waals surface area contributed by atoms with Gasteiger partial charge < -0.3 is 19.4 Å². The molecule has 2 aliphatic heterocycles. The number of piperazine rings is 1. The van der Waals surface area contributed by atoms with Gasteiger partial charge >= 0.3 is 5.63 Å². The molecule has 2 aromatic rings. The molecule has 3 aliphatic rings. The number of fused-ring (bicyclic) bond motifs is 2. The van der Waals surface area contributed by atoms with Gasteiger partial charge in [0.05, 0.1) is 12.0 Å². The third kappa shape index (κ3) is 5.05. The average molecular weight is 496 g/mol. The standard InChI is InChI=1S/C29H41N3O4/c1-20-22-16-21-8-11-28(2,3)36-24(21)18-25(22)35-27(34)23(20)17-26(33)30-19-29(9-6-5-7-10-29)32-14-12-31(4)13-15-32/h16,18H,5-15,17,19H2,1-4H3,(H,30,33). The van der Waals surface area contributed by atoms with Gasteiger partial charge in [0.2, 0.25) is 5.91 Å². The maximum atomic E-state index is 13.1. The number of likely N-dealkylation sites (N-methyl/N-ethyl adjacent to an activating group) is 1. The number of carbonyl (C=O) groups excluding carboxylic acids is 1. The number of nitrogens with zero attached hydrogens (tertiary/aromatic N) is 2. The molecule has 1 aromatic heterocycles. The van der Waals surface area contributed by atoms with Crippen LogP contribution in [0.3, 0.4) is 0 Å². The average Bonchev–Trinajstić information content (AvgIpc) is 2.85. The van der Waals surface area contributed by atoms with Crippen LogP contribution in [0.5, 0.6) is 5.75 Å². The van der Waals surface area contributed by atoms with Crippen LogP contribution in [-0.4, -0.2) is 66.6 Å². The molecule has 1 N–H and O–H groups in total. The van der Waals surface area contributed by atoms with Gasteiger partial charge in [-0.15, -0.1) is 0 Å². The van der Waals surface area contributed by atoms with Crippen molar-refractivity contribution < 1.29 is 13.9 Å². The summed E-state index contributed by atoms with van der Waals surface area (Å²) < 4.78 is 11.8. The van der Waals surface area contributed by atoms with E-state index in [1.165, 1.54) is 19.3 Å². The summed E-state index contributed by atoms with van der Waals surface area (Å²) in [4.78, 5) is 31.0. The Labute approximate surface area is 214 Å². The van der Waals surface area contributed by atoms with Crippen LogP contribution in [0.15, 0.2) is 21.3 Å². The van der Waals surface area contributed by atoms with E-state index in [4.69, 9.17) is 9.15 Å². The monoisotopic (exact) mass is 495 g/mol. The summed E-state index contributed by atoms with van der Waals surface area (Å²) >= 11 is 0. The Morgan fingerprint density at radius 2 is 1.78 bits per heavy atom. The van der Waals surface area contributed by atoms with Gasteiger partial charge in [-0.25, -0.2) is 4.79 Å². The van der Waals surface area contributed by atoms with E-state index >= 15 is 0 Å². The fourth-order valence-electron chi connectivity index (χ4n) is 6.32. The highest BCUT2D eigenvalue weighted by atomic mass is 16.5. The second kappa shape index (κ2) is 9.82. The number of carbonyl (C=O) groups is 1. The van der Waals surface area contributed by atoms with Gasteiger partial charge in [-0.05, 0) is 70.7 Å². The van der Waals surface area contributed by atoms with E-state index in [0.29, 0.717) is 17.7 Å². The van der Waals surface area contributed by atoms with Crippen LogP contribution < -0.4 is 15.7 Å². The summed E-state index contributed by atoms with van der Waals surface area (Å²) in [5.41, 5.74) is 2.30. The van der Waals surface area contributed by atoms with Gasteiger partial charge in [-0.2, -0.15) is 0 Å². The lowest BCUT2D eigenvalue weighted by molar-refractivity contribution is -0.121. The molecule has 5 rings (SSSR count). The van der Waals surface area contributed by atoms with Crippen molar-refractivity contribution in [1.29, 1.82) is 0 Å². The Balaban J connectivity index is 1.33. The van der Waals surface area contributed by atoms with E-state index in [0.717, 1.165) is 74.1 Å². The number of aryl methyl sites for hydroxylation is 2. The number of nitrogens with one attached hydrogen (secondary N) is 1. The summed E-state index contributed by atoms with van der Waals surface area (Å²) in [6.07, 6.45) is 7.83. The van der Waals surface area contributed by atoms with Crippen LogP contribution >= 0.6 is 0 Å². The quantitative estimate of drug-likeness (QED) is 0.636. The topological polar surface area (TPSA) is 75.0 Å². The predicted molar refractivity (Wildman–Crippen MR) is 142 cm³/mol. The van der Waals surface area contributed by atoms with Gasteiger partial charge in [0.1, 0.15) is 16.9 Å². The first-order valence-corrected chi connectivity index (χ1v) is 13.6. The molecule has 2 fully saturated rings. The van der Waals surface area contributed by atoms with Crippen LogP contribution in [0.25, 0.3) is 11.0 Å². The van der Waals surface area contributed by atoms with E-state index < -0.39 is 5.63 Å². The third-order valence-electron chi connectivity index (χ3n) is 8.76. The predicted octanol–water partition coefficient (Wildman–Crippen LogP) is 3.81. The molecule has 0 spiro atoms. The van der Waals surface area contributed by atoms with Crippen LogP contribution in [0.4, 0.5) is 0 Å². The first-order valence-electron chi connectivity index (χ1n) is 13.6. The molecule has 7 heteroatoms. The van der Waals surface area contributed by atoms with Crippen molar-refractivity contribution in [1.82, 2.24) is 15.1 Å². The SMILES string of the molecule is Cc1c(CC(=O)NCC2(N3CCN(C)CC3)CCCCC2)c(=O)oc2cc3c(cc12)CCC(C)(C)O3. The molecule has 0 unspecified atom stereocenters. The van der Waals surface area contributed by atoms with E-state index in [1.54, 1.807) is 0 Å². The number of amides is 1. The zero-order valence-electron chi connectivity index (χ0n) is 22.4. The van der Waals surface area contributed by atoms with E-state index in [-0.39, 0.29) is 23.5 Å². The Kier molecular flexibility index (Phi) is 6.90. The van der Waals surface area contributed by atoms with E-state index in [9.17, 15) is 9.59 Å². The summed E-state index contributed by atoms with van der Waals surface area (Å²) in [6.45, 7) is 11.0. The van der Waals surface area contributed by atoms with Crippen molar-refractivity contribution in [2.24, 2.45) is 0 Å². The second-order valence-electron chi connectivity index (χ2n) is 11.8. The molecular weight excluding hydrogens is 454 g/mol. The van der Waals surface area contributed by atoms with Gasteiger partial charge in [0.15, 0.2) is 0 Å². The van der Waals surface area contributed by atoms with Crippen molar-refractivity contribution in [2.75, 3.05) is 39.8 Å². The summed E-state index contributed by atoms with van der Waals surface area (Å²) in [6, 6.07) is 3.91. The van der Waals surface area contributed by atoms with Crippen LogP contribution in [0, 0.1) is 6.92 Å². The minimum atomic E-state index is -0.434. The van der Waals surface area contributed by atoms with E-state index in [1.807, 2.05) is 13.0 Å². The molecule has 1 saturated carbocycles. The van der Waals surface area contributed by atoms with Crippen molar-refractivity contribution in [2.45, 2.75) is 83.3 Å². The van der Waals surface area contributed by atoms with Crippen molar-refractivity contribution in [3.8, 4) is 5.75 Å². The third-order valence-corrected chi connectivity index (χ3v) is 8.76. The lowest BCUT2D eigenvalue weighted by atomic mass is 9.79. The minimum absolute atomic E-state index is 0.0328. The van der Waals surface area contributed by atoms with Crippen LogP contribution in [-0.2, 0) is 17.6 Å². The maximum absolute atomic E-state index is 13.1. The zero-order chi connectivity index (χ0) is 25.5. The molecular formula is C29H41N3O4. The Bertz CT molecular complexity index is 1190. The van der Waals surface area contributed by atoms with E-state index in [2.05, 4.69) is 42.1 Å².